The van der Waals surface area contributed by atoms with E-state index in [2.05, 4.69) is 5.32 Å². The van der Waals surface area contributed by atoms with Gasteiger partial charge in [-0.3, -0.25) is 0 Å². The first-order valence-electron chi connectivity index (χ1n) is 6.38. The van der Waals surface area contributed by atoms with Crippen LogP contribution in [-0.4, -0.2) is 7.05 Å². The first-order valence-corrected chi connectivity index (χ1v) is 6.75. The number of hydrogen-bond donors (Lipinski definition) is 1. The summed E-state index contributed by atoms with van der Waals surface area (Å²) in [7, 11) is 1.79. The molecule has 0 saturated carbocycles. The maximum atomic E-state index is 13.7. The lowest BCUT2D eigenvalue weighted by Crippen LogP contribution is -2.19. The molecule has 0 fully saturated rings. The molecule has 0 aliphatic heterocycles. The fourth-order valence-electron chi connectivity index (χ4n) is 2.27. The standard InChI is InChI=1S/C16H16ClF2N/c1-10-5-12(7-13(17)6-10)16(20-2)9-11-8-14(18)3-4-15(11)19/h3-8,16,20H,9H2,1-2H3. The van der Waals surface area contributed by atoms with E-state index in [-0.39, 0.29) is 6.04 Å². The van der Waals surface area contributed by atoms with Gasteiger partial charge in [0.05, 0.1) is 0 Å². The molecule has 0 aromatic heterocycles. The van der Waals surface area contributed by atoms with Crippen LogP contribution in [0.1, 0.15) is 22.7 Å². The molecule has 1 unspecified atom stereocenters. The summed E-state index contributed by atoms with van der Waals surface area (Å²) >= 11 is 6.05. The topological polar surface area (TPSA) is 12.0 Å². The average Bonchev–Trinajstić information content (AvgIpc) is 2.38. The highest BCUT2D eigenvalue weighted by molar-refractivity contribution is 6.30. The summed E-state index contributed by atoms with van der Waals surface area (Å²) in [4.78, 5) is 0. The largest absolute Gasteiger partial charge is 0.313 e. The van der Waals surface area contributed by atoms with Crippen molar-refractivity contribution in [1.82, 2.24) is 5.32 Å². The molecule has 0 spiro atoms. The fourth-order valence-corrected chi connectivity index (χ4v) is 2.57. The molecule has 0 amide bonds. The maximum Gasteiger partial charge on any atom is 0.126 e. The number of halogens is 3. The van der Waals surface area contributed by atoms with Gasteiger partial charge < -0.3 is 5.32 Å². The molecule has 0 aliphatic carbocycles. The summed E-state index contributed by atoms with van der Waals surface area (Å²) in [5, 5.41) is 3.76. The summed E-state index contributed by atoms with van der Waals surface area (Å²) in [6.07, 6.45) is 0.361. The van der Waals surface area contributed by atoms with Gasteiger partial charge in [0.25, 0.3) is 0 Å². The Morgan fingerprint density at radius 2 is 1.90 bits per heavy atom. The van der Waals surface area contributed by atoms with Gasteiger partial charge in [0.2, 0.25) is 0 Å². The van der Waals surface area contributed by atoms with Crippen molar-refractivity contribution in [3.05, 3.63) is 69.7 Å². The summed E-state index contributed by atoms with van der Waals surface area (Å²) in [5.41, 5.74) is 2.34. The molecule has 2 rings (SSSR count). The zero-order valence-electron chi connectivity index (χ0n) is 11.4. The van der Waals surface area contributed by atoms with Crippen LogP contribution in [0, 0.1) is 18.6 Å². The van der Waals surface area contributed by atoms with Crippen LogP contribution in [0.5, 0.6) is 0 Å². The van der Waals surface area contributed by atoms with Gasteiger partial charge in [0.1, 0.15) is 11.6 Å². The second-order valence-electron chi connectivity index (χ2n) is 4.84. The third-order valence-electron chi connectivity index (χ3n) is 3.25. The van der Waals surface area contributed by atoms with E-state index in [4.69, 9.17) is 11.6 Å². The van der Waals surface area contributed by atoms with Gasteiger partial charge >= 0.3 is 0 Å². The summed E-state index contributed by atoms with van der Waals surface area (Å²) in [6.45, 7) is 1.95. The van der Waals surface area contributed by atoms with E-state index in [0.29, 0.717) is 17.0 Å². The zero-order chi connectivity index (χ0) is 14.7. The minimum absolute atomic E-state index is 0.122. The highest BCUT2D eigenvalue weighted by Gasteiger charge is 2.14. The predicted octanol–water partition coefficient (Wildman–Crippen LogP) is 4.43. The summed E-state index contributed by atoms with van der Waals surface area (Å²) in [6, 6.07) is 9.08. The van der Waals surface area contributed by atoms with Crippen molar-refractivity contribution < 1.29 is 8.78 Å². The molecule has 0 aliphatic rings. The molecule has 1 nitrogen and oxygen atoms in total. The Morgan fingerprint density at radius 1 is 1.15 bits per heavy atom. The minimum atomic E-state index is -0.432. The van der Waals surface area contributed by atoms with Gasteiger partial charge in [0.15, 0.2) is 0 Å². The van der Waals surface area contributed by atoms with Crippen molar-refractivity contribution in [2.24, 2.45) is 0 Å². The first-order chi connectivity index (χ1) is 9.49. The van der Waals surface area contributed by atoms with Gasteiger partial charge in [0, 0.05) is 11.1 Å². The Kier molecular flexibility index (Phi) is 4.73. The molecule has 4 heteroatoms. The van der Waals surface area contributed by atoms with Crippen LogP contribution >= 0.6 is 11.6 Å². The van der Waals surface area contributed by atoms with Crippen molar-refractivity contribution in [3.8, 4) is 0 Å². The third kappa shape index (κ3) is 3.56. The van der Waals surface area contributed by atoms with Crippen molar-refractivity contribution in [2.75, 3.05) is 7.05 Å². The number of benzene rings is 2. The summed E-state index contributed by atoms with van der Waals surface area (Å²) < 4.78 is 26.9. The van der Waals surface area contributed by atoms with Crippen LogP contribution in [0.3, 0.4) is 0 Å². The number of hydrogen-bond acceptors (Lipinski definition) is 1. The number of nitrogens with one attached hydrogen (secondary N) is 1. The van der Waals surface area contributed by atoms with Crippen molar-refractivity contribution in [2.45, 2.75) is 19.4 Å². The van der Waals surface area contributed by atoms with E-state index in [1.54, 1.807) is 7.05 Å². The van der Waals surface area contributed by atoms with Crippen LogP contribution in [0.4, 0.5) is 8.78 Å². The lowest BCUT2D eigenvalue weighted by atomic mass is 9.97. The van der Waals surface area contributed by atoms with Gasteiger partial charge in [-0.05, 0) is 67.4 Å². The van der Waals surface area contributed by atoms with Crippen LogP contribution in [0.15, 0.2) is 36.4 Å². The van der Waals surface area contributed by atoms with Gasteiger partial charge in [-0.1, -0.05) is 17.7 Å². The van der Waals surface area contributed by atoms with Crippen molar-refractivity contribution >= 4 is 11.6 Å². The molecule has 1 atom stereocenters. The van der Waals surface area contributed by atoms with Crippen LogP contribution in [0.2, 0.25) is 5.02 Å². The Balaban J connectivity index is 2.30. The van der Waals surface area contributed by atoms with Crippen LogP contribution in [0.25, 0.3) is 0 Å². The molecule has 0 bridgehead atoms. The second-order valence-corrected chi connectivity index (χ2v) is 5.28. The predicted molar refractivity (Wildman–Crippen MR) is 78.1 cm³/mol. The number of rotatable bonds is 4. The van der Waals surface area contributed by atoms with E-state index in [1.807, 2.05) is 25.1 Å². The molecule has 20 heavy (non-hydrogen) atoms. The normalized spacial score (nSPS) is 12.4. The van der Waals surface area contributed by atoms with E-state index in [9.17, 15) is 8.78 Å². The lowest BCUT2D eigenvalue weighted by Gasteiger charge is -2.18. The second kappa shape index (κ2) is 6.33. The van der Waals surface area contributed by atoms with Gasteiger partial charge in [-0.2, -0.15) is 0 Å². The van der Waals surface area contributed by atoms with E-state index < -0.39 is 11.6 Å². The molecule has 106 valence electrons. The molecular weight excluding hydrogens is 280 g/mol. The van der Waals surface area contributed by atoms with Gasteiger partial charge in [-0.15, -0.1) is 0 Å². The monoisotopic (exact) mass is 295 g/mol. The van der Waals surface area contributed by atoms with E-state index in [0.717, 1.165) is 23.3 Å². The van der Waals surface area contributed by atoms with Crippen molar-refractivity contribution in [3.63, 3.8) is 0 Å². The Labute approximate surface area is 122 Å². The average molecular weight is 296 g/mol. The minimum Gasteiger partial charge on any atom is -0.313 e. The van der Waals surface area contributed by atoms with Crippen molar-refractivity contribution in [1.29, 1.82) is 0 Å². The third-order valence-corrected chi connectivity index (χ3v) is 3.47. The lowest BCUT2D eigenvalue weighted by molar-refractivity contribution is 0.544. The highest BCUT2D eigenvalue weighted by Crippen LogP contribution is 2.24. The molecule has 0 saturated heterocycles. The SMILES string of the molecule is CNC(Cc1cc(F)ccc1F)c1cc(C)cc(Cl)c1. The Hall–Kier alpha value is -1.45. The van der Waals surface area contributed by atoms with E-state index >= 15 is 0 Å². The number of likely N-dealkylation sites (N-methyl/N-ethyl adjacent to an activating group) is 1. The zero-order valence-corrected chi connectivity index (χ0v) is 12.1. The Morgan fingerprint density at radius 3 is 2.55 bits per heavy atom. The summed E-state index contributed by atoms with van der Waals surface area (Å²) in [5.74, 6) is -0.830. The first kappa shape index (κ1) is 14.9. The van der Waals surface area contributed by atoms with E-state index in [1.165, 1.54) is 6.07 Å². The molecule has 0 radical (unpaired) electrons. The van der Waals surface area contributed by atoms with Crippen LogP contribution < -0.4 is 5.32 Å². The van der Waals surface area contributed by atoms with Gasteiger partial charge in [-0.25, -0.2) is 8.78 Å². The molecule has 0 heterocycles. The van der Waals surface area contributed by atoms with Crippen LogP contribution in [-0.2, 0) is 6.42 Å². The quantitative estimate of drug-likeness (QED) is 0.880. The maximum absolute atomic E-state index is 13.7. The molecule has 1 N–H and O–H groups in total. The molecule has 2 aromatic carbocycles. The molecule has 2 aromatic rings. The smallest absolute Gasteiger partial charge is 0.126 e. The Bertz CT molecular complexity index is 593. The highest BCUT2D eigenvalue weighted by atomic mass is 35.5. The fraction of sp³-hybridized carbons (Fsp3) is 0.250. The number of aryl methyl sites for hydroxylation is 1. The molecular formula is C16H16ClF2N.